The van der Waals surface area contributed by atoms with Crippen molar-refractivity contribution in [3.63, 3.8) is 0 Å². The van der Waals surface area contributed by atoms with Crippen molar-refractivity contribution in [2.75, 3.05) is 6.54 Å². The largest absolute Gasteiger partial charge is 0.351 e. The van der Waals surface area contributed by atoms with E-state index in [0.717, 1.165) is 12.5 Å². The molecule has 1 unspecified atom stereocenters. The van der Waals surface area contributed by atoms with Gasteiger partial charge in [0.2, 0.25) is 5.91 Å². The molecule has 0 spiro atoms. The number of amides is 1. The fourth-order valence-corrected chi connectivity index (χ4v) is 1.99. The maximum absolute atomic E-state index is 11.6. The lowest BCUT2D eigenvalue weighted by Crippen LogP contribution is -2.42. The molecule has 1 rings (SSSR count). The van der Waals surface area contributed by atoms with Crippen molar-refractivity contribution in [3.05, 3.63) is 0 Å². The Bertz CT molecular complexity index is 229. The molecule has 1 atom stereocenters. The Morgan fingerprint density at radius 3 is 2.44 bits per heavy atom. The van der Waals surface area contributed by atoms with Crippen LogP contribution in [0.15, 0.2) is 0 Å². The van der Waals surface area contributed by atoms with Gasteiger partial charge in [-0.3, -0.25) is 4.79 Å². The van der Waals surface area contributed by atoms with E-state index < -0.39 is 0 Å². The van der Waals surface area contributed by atoms with Gasteiger partial charge in [0.1, 0.15) is 0 Å². The van der Waals surface area contributed by atoms with Crippen LogP contribution in [0, 0.1) is 5.92 Å². The molecule has 3 nitrogen and oxygen atoms in total. The van der Waals surface area contributed by atoms with E-state index >= 15 is 0 Å². The fraction of sp³-hybridized carbons (Fsp3) is 0.923. The van der Waals surface area contributed by atoms with Gasteiger partial charge in [-0.1, -0.05) is 6.92 Å². The van der Waals surface area contributed by atoms with E-state index in [1.807, 2.05) is 20.8 Å². The molecule has 0 aromatic carbocycles. The van der Waals surface area contributed by atoms with Crippen molar-refractivity contribution in [3.8, 4) is 0 Å². The van der Waals surface area contributed by atoms with Crippen molar-refractivity contribution >= 4 is 5.91 Å². The van der Waals surface area contributed by atoms with Crippen molar-refractivity contribution in [2.45, 2.75) is 65.0 Å². The molecule has 0 heterocycles. The van der Waals surface area contributed by atoms with Crippen molar-refractivity contribution in [1.29, 1.82) is 0 Å². The third-order valence-corrected chi connectivity index (χ3v) is 2.90. The van der Waals surface area contributed by atoms with Gasteiger partial charge in [-0.25, -0.2) is 0 Å². The summed E-state index contributed by atoms with van der Waals surface area (Å²) >= 11 is 0. The molecule has 0 aliphatic heterocycles. The first kappa shape index (κ1) is 13.5. The molecule has 16 heavy (non-hydrogen) atoms. The Kier molecular flexibility index (Phi) is 4.78. The van der Waals surface area contributed by atoms with E-state index in [-0.39, 0.29) is 11.4 Å². The number of hydrogen-bond acceptors (Lipinski definition) is 2. The van der Waals surface area contributed by atoms with Gasteiger partial charge in [-0.05, 0) is 46.0 Å². The molecule has 1 amide bonds. The van der Waals surface area contributed by atoms with Gasteiger partial charge in [-0.15, -0.1) is 0 Å². The first-order valence-corrected chi connectivity index (χ1v) is 6.47. The molecule has 0 aromatic rings. The zero-order valence-electron chi connectivity index (χ0n) is 11.1. The summed E-state index contributed by atoms with van der Waals surface area (Å²) in [5.74, 6) is 1.02. The van der Waals surface area contributed by atoms with Gasteiger partial charge in [0.15, 0.2) is 0 Å². The van der Waals surface area contributed by atoms with Crippen LogP contribution >= 0.6 is 0 Å². The van der Waals surface area contributed by atoms with E-state index in [1.165, 1.54) is 19.3 Å². The zero-order chi connectivity index (χ0) is 12.2. The molecule has 3 heteroatoms. The van der Waals surface area contributed by atoms with Crippen LogP contribution in [0.4, 0.5) is 0 Å². The Morgan fingerprint density at radius 2 is 2.00 bits per heavy atom. The first-order valence-electron chi connectivity index (χ1n) is 6.47. The summed E-state index contributed by atoms with van der Waals surface area (Å²) in [5.41, 5.74) is -0.113. The molecule has 1 fully saturated rings. The van der Waals surface area contributed by atoms with E-state index in [9.17, 15) is 4.79 Å². The molecule has 1 aliphatic carbocycles. The zero-order valence-corrected chi connectivity index (χ0v) is 11.1. The van der Waals surface area contributed by atoms with Crippen LogP contribution in [-0.4, -0.2) is 24.0 Å². The molecule has 94 valence electrons. The highest BCUT2D eigenvalue weighted by molar-refractivity contribution is 5.76. The van der Waals surface area contributed by atoms with Crippen molar-refractivity contribution in [1.82, 2.24) is 10.6 Å². The lowest BCUT2D eigenvalue weighted by Gasteiger charge is -2.21. The summed E-state index contributed by atoms with van der Waals surface area (Å²) < 4.78 is 0. The van der Waals surface area contributed by atoms with E-state index in [0.29, 0.717) is 12.5 Å². The maximum atomic E-state index is 11.6. The van der Waals surface area contributed by atoms with Gasteiger partial charge in [0.05, 0.1) is 0 Å². The van der Waals surface area contributed by atoms with Crippen LogP contribution in [0.1, 0.15) is 53.4 Å². The summed E-state index contributed by atoms with van der Waals surface area (Å²) in [7, 11) is 0. The lowest BCUT2D eigenvalue weighted by molar-refractivity contribution is -0.122. The van der Waals surface area contributed by atoms with E-state index in [2.05, 4.69) is 17.6 Å². The van der Waals surface area contributed by atoms with Gasteiger partial charge < -0.3 is 10.6 Å². The minimum Gasteiger partial charge on any atom is -0.351 e. The molecule has 0 saturated heterocycles. The smallest absolute Gasteiger partial charge is 0.221 e. The Morgan fingerprint density at radius 1 is 1.38 bits per heavy atom. The van der Waals surface area contributed by atoms with E-state index in [1.54, 1.807) is 0 Å². The molecule has 0 aromatic heterocycles. The maximum Gasteiger partial charge on any atom is 0.221 e. The van der Waals surface area contributed by atoms with Crippen molar-refractivity contribution in [2.24, 2.45) is 5.92 Å². The highest BCUT2D eigenvalue weighted by atomic mass is 16.1. The van der Waals surface area contributed by atoms with Crippen molar-refractivity contribution < 1.29 is 4.79 Å². The fourth-order valence-electron chi connectivity index (χ4n) is 1.99. The average Bonchev–Trinajstić information content (AvgIpc) is 2.92. The summed E-state index contributed by atoms with van der Waals surface area (Å²) in [6, 6.07) is 0.627. The highest BCUT2D eigenvalue weighted by Gasteiger charge is 2.29. The predicted molar refractivity (Wildman–Crippen MR) is 67.3 cm³/mol. The third-order valence-electron chi connectivity index (χ3n) is 2.90. The Hall–Kier alpha value is -0.570. The number of hydrogen-bond donors (Lipinski definition) is 2. The summed E-state index contributed by atoms with van der Waals surface area (Å²) in [6.45, 7) is 9.05. The molecular weight excluding hydrogens is 200 g/mol. The summed E-state index contributed by atoms with van der Waals surface area (Å²) in [6.07, 6.45) is 4.48. The first-order chi connectivity index (χ1) is 7.42. The highest BCUT2D eigenvalue weighted by Crippen LogP contribution is 2.33. The summed E-state index contributed by atoms with van der Waals surface area (Å²) in [5, 5.41) is 6.46. The van der Waals surface area contributed by atoms with Crippen LogP contribution in [0.5, 0.6) is 0 Å². The summed E-state index contributed by atoms with van der Waals surface area (Å²) in [4.78, 5) is 11.6. The standard InChI is InChI=1S/C13H26N2O/c1-5-11(10-6-7-10)14-9-8-12(16)15-13(2,3)4/h10-11,14H,5-9H2,1-4H3,(H,15,16). The molecule has 1 saturated carbocycles. The topological polar surface area (TPSA) is 41.1 Å². The van der Waals surface area contributed by atoms with Crippen LogP contribution in [-0.2, 0) is 4.79 Å². The monoisotopic (exact) mass is 226 g/mol. The van der Waals surface area contributed by atoms with Gasteiger partial charge in [0, 0.05) is 24.5 Å². The number of carbonyl (C=O) groups is 1. The van der Waals surface area contributed by atoms with Crippen LogP contribution in [0.3, 0.4) is 0 Å². The molecule has 0 bridgehead atoms. The Labute approximate surface area is 99.4 Å². The second-order valence-corrected chi connectivity index (χ2v) is 5.85. The van der Waals surface area contributed by atoms with Crippen LogP contribution in [0.2, 0.25) is 0 Å². The second-order valence-electron chi connectivity index (χ2n) is 5.85. The lowest BCUT2D eigenvalue weighted by atomic mass is 10.1. The van der Waals surface area contributed by atoms with Crippen LogP contribution in [0.25, 0.3) is 0 Å². The quantitative estimate of drug-likeness (QED) is 0.728. The number of nitrogens with one attached hydrogen (secondary N) is 2. The van der Waals surface area contributed by atoms with Gasteiger partial charge in [0.25, 0.3) is 0 Å². The van der Waals surface area contributed by atoms with Gasteiger partial charge in [-0.2, -0.15) is 0 Å². The SMILES string of the molecule is CCC(NCCC(=O)NC(C)(C)C)C1CC1. The predicted octanol–water partition coefficient (Wildman–Crippen LogP) is 2.07. The number of carbonyl (C=O) groups excluding carboxylic acids is 1. The molecule has 1 aliphatic rings. The van der Waals surface area contributed by atoms with E-state index in [4.69, 9.17) is 0 Å². The van der Waals surface area contributed by atoms with Crippen LogP contribution < -0.4 is 10.6 Å². The Balaban J connectivity index is 2.12. The number of rotatable bonds is 6. The minimum atomic E-state index is -0.113. The third kappa shape index (κ3) is 5.50. The minimum absolute atomic E-state index is 0.113. The molecule has 2 N–H and O–H groups in total. The molecular formula is C13H26N2O. The normalized spacial score (nSPS) is 18.2. The second kappa shape index (κ2) is 5.67. The average molecular weight is 226 g/mol. The van der Waals surface area contributed by atoms with Gasteiger partial charge >= 0.3 is 0 Å². The molecule has 0 radical (unpaired) electrons.